The first kappa shape index (κ1) is 15.6. The van der Waals surface area contributed by atoms with Crippen molar-refractivity contribution in [1.82, 2.24) is 4.90 Å². The van der Waals surface area contributed by atoms with Gasteiger partial charge in [-0.1, -0.05) is 13.0 Å². The smallest absolute Gasteiger partial charge is 0.328 e. The fraction of sp³-hybridized carbons (Fsp3) is 0.471. The molecule has 1 aromatic rings. The fourth-order valence-electron chi connectivity index (χ4n) is 2.38. The summed E-state index contributed by atoms with van der Waals surface area (Å²) in [6.45, 7) is 5.10. The van der Waals surface area contributed by atoms with Gasteiger partial charge in [0.15, 0.2) is 0 Å². The van der Waals surface area contributed by atoms with Gasteiger partial charge in [0.05, 0.1) is 7.11 Å². The molecule has 1 N–H and O–H groups in total. The van der Waals surface area contributed by atoms with Crippen LogP contribution in [0, 0.1) is 5.92 Å². The third kappa shape index (κ3) is 4.90. The van der Waals surface area contributed by atoms with Crippen LogP contribution in [0.1, 0.15) is 30.9 Å². The predicted molar refractivity (Wildman–Crippen MR) is 83.3 cm³/mol. The van der Waals surface area contributed by atoms with E-state index in [0.29, 0.717) is 0 Å². The summed E-state index contributed by atoms with van der Waals surface area (Å²) in [5.74, 6) is 0.718. The number of methoxy groups -OCH3 is 1. The molecule has 0 saturated heterocycles. The number of carboxylic acid groups (broad SMARTS) is 1. The van der Waals surface area contributed by atoms with Gasteiger partial charge in [-0.3, -0.25) is 4.90 Å². The first-order chi connectivity index (χ1) is 10.1. The quantitative estimate of drug-likeness (QED) is 0.747. The Balaban J connectivity index is 2.17. The lowest BCUT2D eigenvalue weighted by atomic mass is 10.1. The predicted octanol–water partition coefficient (Wildman–Crippen LogP) is 3.02. The Morgan fingerprint density at radius 2 is 2.24 bits per heavy atom. The standard InChI is InChI=1S/C17H23NO3/c1-3-18(11-13-4-5-13)12-15-10-16(21-2)8-6-14(15)7-9-17(19)20/h6-10,13H,3-5,11-12H2,1-2H3,(H,19,20). The Morgan fingerprint density at radius 3 is 2.81 bits per heavy atom. The zero-order valence-corrected chi connectivity index (χ0v) is 12.7. The highest BCUT2D eigenvalue weighted by atomic mass is 16.5. The molecule has 0 aromatic heterocycles. The number of rotatable bonds is 8. The molecule has 114 valence electrons. The van der Waals surface area contributed by atoms with E-state index in [1.54, 1.807) is 13.2 Å². The zero-order chi connectivity index (χ0) is 15.2. The summed E-state index contributed by atoms with van der Waals surface area (Å²) in [5, 5.41) is 8.80. The van der Waals surface area contributed by atoms with Crippen molar-refractivity contribution in [3.63, 3.8) is 0 Å². The summed E-state index contributed by atoms with van der Waals surface area (Å²) in [7, 11) is 1.65. The van der Waals surface area contributed by atoms with Gasteiger partial charge in [0.2, 0.25) is 0 Å². The number of hydrogen-bond donors (Lipinski definition) is 1. The van der Waals surface area contributed by atoms with Crippen molar-refractivity contribution < 1.29 is 14.6 Å². The third-order valence-corrected chi connectivity index (χ3v) is 3.81. The molecule has 1 aliphatic rings. The number of ether oxygens (including phenoxy) is 1. The van der Waals surface area contributed by atoms with Gasteiger partial charge in [0.25, 0.3) is 0 Å². The SMILES string of the molecule is CCN(Cc1cc(OC)ccc1C=CC(=O)O)CC1CC1. The number of nitrogens with zero attached hydrogens (tertiary/aromatic N) is 1. The van der Waals surface area contributed by atoms with Gasteiger partial charge in [-0.25, -0.2) is 4.79 Å². The topological polar surface area (TPSA) is 49.8 Å². The number of carboxylic acids is 1. The molecule has 0 amide bonds. The average molecular weight is 289 g/mol. The summed E-state index contributed by atoms with van der Waals surface area (Å²) >= 11 is 0. The Kier molecular flexibility index (Phi) is 5.39. The Bertz CT molecular complexity index is 521. The van der Waals surface area contributed by atoms with Gasteiger partial charge in [0, 0.05) is 19.2 Å². The molecule has 0 atom stereocenters. The van der Waals surface area contributed by atoms with Crippen LogP contribution >= 0.6 is 0 Å². The highest BCUT2D eigenvalue weighted by Crippen LogP contribution is 2.30. The minimum absolute atomic E-state index is 0.806. The van der Waals surface area contributed by atoms with Crippen molar-refractivity contribution in [2.24, 2.45) is 5.92 Å². The Morgan fingerprint density at radius 1 is 1.48 bits per heavy atom. The number of aliphatic carboxylic acids is 1. The van der Waals surface area contributed by atoms with E-state index in [1.165, 1.54) is 18.9 Å². The molecule has 21 heavy (non-hydrogen) atoms. The minimum Gasteiger partial charge on any atom is -0.497 e. The first-order valence-electron chi connectivity index (χ1n) is 7.42. The lowest BCUT2D eigenvalue weighted by Gasteiger charge is -2.21. The van der Waals surface area contributed by atoms with Crippen LogP contribution in [0.15, 0.2) is 24.3 Å². The van der Waals surface area contributed by atoms with Crippen molar-refractivity contribution in [2.45, 2.75) is 26.3 Å². The molecule has 0 unspecified atom stereocenters. The zero-order valence-electron chi connectivity index (χ0n) is 12.7. The lowest BCUT2D eigenvalue weighted by Crippen LogP contribution is -2.25. The van der Waals surface area contributed by atoms with E-state index in [4.69, 9.17) is 9.84 Å². The summed E-state index contributed by atoms with van der Waals surface area (Å²) in [6.07, 6.45) is 5.51. The van der Waals surface area contributed by atoms with Crippen LogP contribution in [0.3, 0.4) is 0 Å². The lowest BCUT2D eigenvalue weighted by molar-refractivity contribution is -0.131. The van der Waals surface area contributed by atoms with Gasteiger partial charge in [0.1, 0.15) is 5.75 Å². The normalized spacial score (nSPS) is 14.8. The van der Waals surface area contributed by atoms with E-state index in [0.717, 1.165) is 42.4 Å². The second-order valence-electron chi connectivity index (χ2n) is 5.51. The molecule has 1 saturated carbocycles. The molecule has 4 nitrogen and oxygen atoms in total. The molecule has 1 aliphatic carbocycles. The molecular formula is C17H23NO3. The van der Waals surface area contributed by atoms with Crippen molar-refractivity contribution in [1.29, 1.82) is 0 Å². The van der Waals surface area contributed by atoms with Crippen LogP contribution in [0.4, 0.5) is 0 Å². The van der Waals surface area contributed by atoms with E-state index in [2.05, 4.69) is 11.8 Å². The fourth-order valence-corrected chi connectivity index (χ4v) is 2.38. The van der Waals surface area contributed by atoms with Crippen molar-refractivity contribution >= 4 is 12.0 Å². The summed E-state index contributed by atoms with van der Waals surface area (Å²) in [6, 6.07) is 5.78. The summed E-state index contributed by atoms with van der Waals surface area (Å²) in [5.41, 5.74) is 2.04. The van der Waals surface area contributed by atoms with Crippen LogP contribution in [0.2, 0.25) is 0 Å². The van der Waals surface area contributed by atoms with Gasteiger partial charge in [-0.15, -0.1) is 0 Å². The summed E-state index contributed by atoms with van der Waals surface area (Å²) in [4.78, 5) is 13.1. The van der Waals surface area contributed by atoms with Crippen molar-refractivity contribution in [3.8, 4) is 5.75 Å². The van der Waals surface area contributed by atoms with Gasteiger partial charge in [-0.05, 0) is 54.6 Å². The molecule has 0 radical (unpaired) electrons. The number of carbonyl (C=O) groups is 1. The Labute approximate surface area is 126 Å². The van der Waals surface area contributed by atoms with Gasteiger partial charge in [-0.2, -0.15) is 0 Å². The molecule has 1 fully saturated rings. The highest BCUT2D eigenvalue weighted by molar-refractivity contribution is 5.85. The van der Waals surface area contributed by atoms with Crippen molar-refractivity contribution in [3.05, 3.63) is 35.4 Å². The van der Waals surface area contributed by atoms with E-state index >= 15 is 0 Å². The van der Waals surface area contributed by atoms with E-state index in [1.807, 2.05) is 18.2 Å². The van der Waals surface area contributed by atoms with E-state index in [-0.39, 0.29) is 0 Å². The average Bonchev–Trinajstić information content (AvgIpc) is 3.28. The second-order valence-corrected chi connectivity index (χ2v) is 5.51. The van der Waals surface area contributed by atoms with Crippen molar-refractivity contribution in [2.75, 3.05) is 20.2 Å². The van der Waals surface area contributed by atoms with Crippen LogP contribution in [0.5, 0.6) is 5.75 Å². The molecular weight excluding hydrogens is 266 g/mol. The largest absolute Gasteiger partial charge is 0.497 e. The molecule has 0 spiro atoms. The molecule has 4 heteroatoms. The van der Waals surface area contributed by atoms with Crippen LogP contribution in [-0.2, 0) is 11.3 Å². The van der Waals surface area contributed by atoms with Crippen LogP contribution < -0.4 is 4.74 Å². The maximum atomic E-state index is 10.7. The van der Waals surface area contributed by atoms with E-state index < -0.39 is 5.97 Å². The van der Waals surface area contributed by atoms with Crippen LogP contribution in [-0.4, -0.2) is 36.2 Å². The molecule has 0 bridgehead atoms. The molecule has 0 aliphatic heterocycles. The Hall–Kier alpha value is -1.81. The molecule has 2 rings (SSSR count). The van der Waals surface area contributed by atoms with E-state index in [9.17, 15) is 4.79 Å². The summed E-state index contributed by atoms with van der Waals surface area (Å²) < 4.78 is 5.29. The molecule has 0 heterocycles. The number of hydrogen-bond acceptors (Lipinski definition) is 3. The van der Waals surface area contributed by atoms with Gasteiger partial charge >= 0.3 is 5.97 Å². The monoisotopic (exact) mass is 289 g/mol. The highest BCUT2D eigenvalue weighted by Gasteiger charge is 2.23. The second kappa shape index (κ2) is 7.27. The van der Waals surface area contributed by atoms with Gasteiger partial charge < -0.3 is 9.84 Å². The molecule has 1 aromatic carbocycles. The minimum atomic E-state index is -0.929. The maximum Gasteiger partial charge on any atom is 0.328 e. The third-order valence-electron chi connectivity index (χ3n) is 3.81. The first-order valence-corrected chi connectivity index (χ1v) is 7.42. The van der Waals surface area contributed by atoms with Crippen LogP contribution in [0.25, 0.3) is 6.08 Å². The number of benzene rings is 1. The maximum absolute atomic E-state index is 10.7.